The summed E-state index contributed by atoms with van der Waals surface area (Å²) in [6.07, 6.45) is 1.45. The van der Waals surface area contributed by atoms with Crippen LogP contribution >= 0.6 is 23.4 Å². The van der Waals surface area contributed by atoms with E-state index in [1.807, 2.05) is 0 Å². The van der Waals surface area contributed by atoms with Gasteiger partial charge < -0.3 is 15.2 Å². The van der Waals surface area contributed by atoms with Gasteiger partial charge in [0.2, 0.25) is 5.75 Å². The summed E-state index contributed by atoms with van der Waals surface area (Å²) in [5, 5.41) is 24.3. The topological polar surface area (TPSA) is 114 Å². The Morgan fingerprint density at radius 2 is 2.11 bits per heavy atom. The highest BCUT2D eigenvalue weighted by Gasteiger charge is 2.25. The summed E-state index contributed by atoms with van der Waals surface area (Å²) < 4.78 is 4.95. The highest BCUT2D eigenvalue weighted by atomic mass is 35.5. The van der Waals surface area contributed by atoms with Crippen molar-refractivity contribution in [3.63, 3.8) is 0 Å². The van der Waals surface area contributed by atoms with Crippen LogP contribution < -0.4 is 10.1 Å². The fourth-order valence-corrected chi connectivity index (χ4v) is 3.29. The summed E-state index contributed by atoms with van der Waals surface area (Å²) >= 11 is 7.12. The van der Waals surface area contributed by atoms with E-state index in [0.29, 0.717) is 21.4 Å². The van der Waals surface area contributed by atoms with E-state index in [2.05, 4.69) is 10.3 Å². The summed E-state index contributed by atoms with van der Waals surface area (Å²) in [7, 11) is 1.28. The average molecular weight is 406 g/mol. The molecule has 3 rings (SSSR count). The number of amides is 1. The van der Waals surface area contributed by atoms with Crippen LogP contribution in [0, 0.1) is 10.1 Å². The molecule has 1 heterocycles. The van der Waals surface area contributed by atoms with Crippen LogP contribution in [0.15, 0.2) is 46.3 Å². The van der Waals surface area contributed by atoms with Crippen molar-refractivity contribution in [3.05, 3.63) is 62.0 Å². The number of aliphatic imine (C=N–C) groups is 1. The van der Waals surface area contributed by atoms with Crippen LogP contribution in [0.25, 0.3) is 6.08 Å². The van der Waals surface area contributed by atoms with E-state index in [0.717, 1.165) is 17.8 Å². The van der Waals surface area contributed by atoms with Crippen LogP contribution in [0.1, 0.15) is 5.56 Å². The number of phenols is 1. The van der Waals surface area contributed by atoms with Gasteiger partial charge in [-0.25, -0.2) is 4.99 Å². The molecule has 8 nitrogen and oxygen atoms in total. The smallest absolute Gasteiger partial charge is 0.315 e. The van der Waals surface area contributed by atoms with Gasteiger partial charge in [0.05, 0.1) is 27.6 Å². The zero-order valence-electron chi connectivity index (χ0n) is 13.8. The van der Waals surface area contributed by atoms with Crippen molar-refractivity contribution in [2.75, 3.05) is 7.11 Å². The van der Waals surface area contributed by atoms with Crippen LogP contribution in [-0.2, 0) is 4.79 Å². The van der Waals surface area contributed by atoms with Gasteiger partial charge in [-0.2, -0.15) is 0 Å². The Balaban J connectivity index is 1.94. The largest absolute Gasteiger partial charge is 0.500 e. The first kappa shape index (κ1) is 18.7. The molecule has 0 unspecified atom stereocenters. The van der Waals surface area contributed by atoms with Crippen LogP contribution in [0.5, 0.6) is 11.5 Å². The van der Waals surface area contributed by atoms with Crippen LogP contribution in [0.3, 0.4) is 0 Å². The molecule has 138 valence electrons. The Kier molecular flexibility index (Phi) is 5.33. The Bertz CT molecular complexity index is 1010. The zero-order chi connectivity index (χ0) is 19.6. The molecule has 1 saturated heterocycles. The quantitative estimate of drug-likeness (QED) is 0.453. The number of nitro benzene ring substituents is 1. The van der Waals surface area contributed by atoms with Crippen molar-refractivity contribution >= 4 is 51.9 Å². The SMILES string of the molecule is COc1cc(C=C2SC(=Nc3ccccc3Cl)NC2=O)cc([N+](=O)[O-])c1O. The molecule has 10 heteroatoms. The number of halogens is 1. The number of phenolic OH excluding ortho intramolecular Hbond substituents is 1. The van der Waals surface area contributed by atoms with Gasteiger partial charge in [0.25, 0.3) is 5.91 Å². The minimum atomic E-state index is -0.730. The maximum Gasteiger partial charge on any atom is 0.315 e. The Labute approximate surface area is 162 Å². The van der Waals surface area contributed by atoms with E-state index < -0.39 is 22.3 Å². The number of hydrogen-bond donors (Lipinski definition) is 2. The number of nitrogens with zero attached hydrogens (tertiary/aromatic N) is 2. The van der Waals surface area contributed by atoms with Crippen molar-refractivity contribution in [2.24, 2.45) is 4.99 Å². The molecule has 0 atom stereocenters. The molecule has 1 amide bonds. The number of thioether (sulfide) groups is 1. The third-order valence-electron chi connectivity index (χ3n) is 3.52. The van der Waals surface area contributed by atoms with Gasteiger partial charge in [-0.1, -0.05) is 23.7 Å². The molecule has 0 aliphatic carbocycles. The standard InChI is InChI=1S/C17H12ClN3O5S/c1-26-13-7-9(6-12(15(13)22)21(24)25)8-14-16(23)20-17(27-14)19-11-5-3-2-4-10(11)18/h2-8,22H,1H3,(H,19,20,23). The molecule has 2 N–H and O–H groups in total. The van der Waals surface area contributed by atoms with Gasteiger partial charge in [0, 0.05) is 6.07 Å². The molecule has 1 aliphatic heterocycles. The Morgan fingerprint density at radius 1 is 1.37 bits per heavy atom. The highest BCUT2D eigenvalue weighted by molar-refractivity contribution is 8.18. The van der Waals surface area contributed by atoms with E-state index in [1.165, 1.54) is 19.3 Å². The number of hydrogen-bond acceptors (Lipinski definition) is 7. The average Bonchev–Trinajstić information content (AvgIpc) is 2.97. The lowest BCUT2D eigenvalue weighted by Gasteiger charge is -2.05. The number of amidine groups is 1. The normalized spacial score (nSPS) is 16.6. The van der Waals surface area contributed by atoms with Crippen molar-refractivity contribution < 1.29 is 19.6 Å². The maximum absolute atomic E-state index is 12.2. The number of benzene rings is 2. The van der Waals surface area contributed by atoms with Gasteiger partial charge in [-0.05, 0) is 41.6 Å². The minimum absolute atomic E-state index is 0.0654. The first-order valence-corrected chi connectivity index (χ1v) is 8.68. The second-order valence-electron chi connectivity index (χ2n) is 5.28. The first-order valence-electron chi connectivity index (χ1n) is 7.48. The summed E-state index contributed by atoms with van der Waals surface area (Å²) in [5.74, 6) is -1.04. The third kappa shape index (κ3) is 4.04. The highest BCUT2D eigenvalue weighted by Crippen LogP contribution is 2.38. The fourth-order valence-electron chi connectivity index (χ4n) is 2.28. The van der Waals surface area contributed by atoms with Crippen molar-refractivity contribution in [1.82, 2.24) is 5.32 Å². The lowest BCUT2D eigenvalue weighted by atomic mass is 10.1. The molecule has 1 aliphatic rings. The van der Waals surface area contributed by atoms with E-state index in [1.54, 1.807) is 24.3 Å². The number of nitrogens with one attached hydrogen (secondary N) is 1. The monoisotopic (exact) mass is 405 g/mol. The summed E-state index contributed by atoms with van der Waals surface area (Å²) in [5.41, 5.74) is 0.313. The van der Waals surface area contributed by atoms with Gasteiger partial charge in [-0.3, -0.25) is 14.9 Å². The van der Waals surface area contributed by atoms with Crippen LogP contribution in [-0.4, -0.2) is 28.2 Å². The molecule has 1 fully saturated rings. The molecule has 0 radical (unpaired) electrons. The minimum Gasteiger partial charge on any atom is -0.500 e. The predicted octanol–water partition coefficient (Wildman–Crippen LogP) is 3.85. The summed E-state index contributed by atoms with van der Waals surface area (Å²) in [6.45, 7) is 0. The zero-order valence-corrected chi connectivity index (χ0v) is 15.4. The molecule has 0 aromatic heterocycles. The number of ether oxygens (including phenoxy) is 1. The number of nitro groups is 1. The molecule has 2 aromatic carbocycles. The number of methoxy groups -OCH3 is 1. The van der Waals surface area contributed by atoms with Gasteiger partial charge in [0.15, 0.2) is 10.9 Å². The maximum atomic E-state index is 12.2. The number of carbonyl (C=O) groups excluding carboxylic acids is 1. The van der Waals surface area contributed by atoms with Gasteiger partial charge in [-0.15, -0.1) is 0 Å². The van der Waals surface area contributed by atoms with Gasteiger partial charge in [0.1, 0.15) is 0 Å². The van der Waals surface area contributed by atoms with Crippen LogP contribution in [0.2, 0.25) is 5.02 Å². The number of rotatable bonds is 4. The number of para-hydroxylation sites is 1. The number of carbonyl (C=O) groups is 1. The molecule has 0 bridgehead atoms. The second-order valence-corrected chi connectivity index (χ2v) is 6.72. The van der Waals surface area contributed by atoms with Crippen molar-refractivity contribution in [1.29, 1.82) is 0 Å². The molecular formula is C17H12ClN3O5S. The van der Waals surface area contributed by atoms with E-state index in [9.17, 15) is 20.0 Å². The number of aromatic hydroxyl groups is 1. The van der Waals surface area contributed by atoms with E-state index >= 15 is 0 Å². The van der Waals surface area contributed by atoms with Crippen molar-refractivity contribution in [2.45, 2.75) is 0 Å². The van der Waals surface area contributed by atoms with E-state index in [4.69, 9.17) is 16.3 Å². The van der Waals surface area contributed by atoms with Crippen LogP contribution in [0.4, 0.5) is 11.4 Å². The molecule has 0 saturated carbocycles. The third-order valence-corrected chi connectivity index (χ3v) is 4.75. The fraction of sp³-hybridized carbons (Fsp3) is 0.0588. The lowest BCUT2D eigenvalue weighted by Crippen LogP contribution is -2.19. The van der Waals surface area contributed by atoms with Crippen molar-refractivity contribution in [3.8, 4) is 11.5 Å². The van der Waals surface area contributed by atoms with Gasteiger partial charge >= 0.3 is 5.69 Å². The van der Waals surface area contributed by atoms with E-state index in [-0.39, 0.29) is 10.7 Å². The second kappa shape index (κ2) is 7.68. The summed E-state index contributed by atoms with van der Waals surface area (Å²) in [4.78, 5) is 27.1. The molecular weight excluding hydrogens is 394 g/mol. The Morgan fingerprint density at radius 3 is 2.78 bits per heavy atom. The Hall–Kier alpha value is -3.04. The lowest BCUT2D eigenvalue weighted by molar-refractivity contribution is -0.386. The predicted molar refractivity (Wildman–Crippen MR) is 104 cm³/mol. The molecule has 0 spiro atoms. The molecule has 2 aromatic rings. The first-order chi connectivity index (χ1) is 12.9. The summed E-state index contributed by atoms with van der Waals surface area (Å²) in [6, 6.07) is 9.47. The molecule has 27 heavy (non-hydrogen) atoms.